The van der Waals surface area contributed by atoms with Crippen molar-refractivity contribution in [2.45, 2.75) is 70.5 Å². The molecule has 0 heterocycles. The van der Waals surface area contributed by atoms with Crippen molar-refractivity contribution in [2.24, 2.45) is 5.73 Å². The number of benzene rings is 2. The third kappa shape index (κ3) is 6.03. The third-order valence-corrected chi connectivity index (χ3v) is 4.71. The van der Waals surface area contributed by atoms with Gasteiger partial charge in [-0.05, 0) is 40.8 Å². The van der Waals surface area contributed by atoms with Gasteiger partial charge in [-0.2, -0.15) is 13.2 Å². The summed E-state index contributed by atoms with van der Waals surface area (Å²) in [4.78, 5) is 0. The Morgan fingerprint density at radius 2 is 1.44 bits per heavy atom. The Morgan fingerprint density at radius 3 is 2.12 bits per heavy atom. The van der Waals surface area contributed by atoms with Gasteiger partial charge in [0.2, 0.25) is 0 Å². The first-order chi connectivity index (χ1) is 11.9. The van der Waals surface area contributed by atoms with E-state index in [2.05, 4.69) is 13.0 Å². The number of alkyl halides is 3. The Balaban J connectivity index is 1.92. The molecule has 25 heavy (non-hydrogen) atoms. The zero-order valence-corrected chi connectivity index (χ0v) is 14.9. The van der Waals surface area contributed by atoms with E-state index in [4.69, 9.17) is 5.73 Å². The topological polar surface area (TPSA) is 26.0 Å². The minimum absolute atomic E-state index is 0.111. The number of rotatable bonds is 9. The van der Waals surface area contributed by atoms with Crippen molar-refractivity contribution in [1.82, 2.24) is 0 Å². The Kier molecular flexibility index (Phi) is 7.30. The predicted octanol–water partition coefficient (Wildman–Crippen LogP) is 6.70. The molecule has 0 aliphatic rings. The summed E-state index contributed by atoms with van der Waals surface area (Å²) in [6.07, 6.45) is 5.53. The molecule has 1 nitrogen and oxygen atoms in total. The minimum atomic E-state index is -4.41. The molecule has 2 aromatic rings. The van der Waals surface area contributed by atoms with Gasteiger partial charge in [0.05, 0.1) is 0 Å². The molecule has 0 saturated carbocycles. The van der Waals surface area contributed by atoms with Crippen LogP contribution >= 0.6 is 0 Å². The minimum Gasteiger partial charge on any atom is -0.316 e. The predicted molar refractivity (Wildman–Crippen MR) is 98.6 cm³/mol. The molecule has 4 heteroatoms. The second-order valence-electron chi connectivity index (χ2n) is 6.83. The van der Waals surface area contributed by atoms with Crippen LogP contribution in [0.4, 0.5) is 13.2 Å². The zero-order valence-electron chi connectivity index (χ0n) is 14.9. The van der Waals surface area contributed by atoms with Gasteiger partial charge in [0.25, 0.3) is 0 Å². The normalized spacial score (nSPS) is 13.3. The smallest absolute Gasteiger partial charge is 0.316 e. The van der Waals surface area contributed by atoms with E-state index in [1.165, 1.54) is 50.2 Å². The largest absolute Gasteiger partial charge is 0.407 e. The number of halogens is 3. The fraction of sp³-hybridized carbons (Fsp3) is 0.524. The van der Waals surface area contributed by atoms with Crippen molar-refractivity contribution in [3.63, 3.8) is 0 Å². The lowest BCUT2D eigenvalue weighted by atomic mass is 9.98. The van der Waals surface area contributed by atoms with Gasteiger partial charge >= 0.3 is 6.18 Å². The van der Waals surface area contributed by atoms with Gasteiger partial charge < -0.3 is 5.73 Å². The molecule has 0 aromatic heterocycles. The standard InChI is InChI=1S/C21H28F3N/c1-2-3-4-5-6-7-8-9-16-10-11-18-15-19(13-12-17(18)14-16)20(25)21(22,23)24/h10-15,20H,2-9,25H2,1H3/t20-/m0/s1. The SMILES string of the molecule is CCCCCCCCCc1ccc2cc([C@H](N)C(F)(F)F)ccc2c1. The maximum Gasteiger partial charge on any atom is 0.407 e. The molecule has 0 fully saturated rings. The van der Waals surface area contributed by atoms with Crippen LogP contribution in [-0.2, 0) is 6.42 Å². The van der Waals surface area contributed by atoms with Gasteiger partial charge in [0.15, 0.2) is 0 Å². The van der Waals surface area contributed by atoms with Gasteiger partial charge in [0.1, 0.15) is 6.04 Å². The van der Waals surface area contributed by atoms with E-state index in [1.54, 1.807) is 12.1 Å². The summed E-state index contributed by atoms with van der Waals surface area (Å²) >= 11 is 0. The number of aryl methyl sites for hydroxylation is 1. The number of fused-ring (bicyclic) bond motifs is 1. The maximum atomic E-state index is 12.7. The molecule has 138 valence electrons. The van der Waals surface area contributed by atoms with E-state index >= 15 is 0 Å². The first-order valence-electron chi connectivity index (χ1n) is 9.26. The lowest BCUT2D eigenvalue weighted by Crippen LogP contribution is -2.28. The number of nitrogens with two attached hydrogens (primary N) is 1. The van der Waals surface area contributed by atoms with Crippen molar-refractivity contribution in [3.8, 4) is 0 Å². The second-order valence-corrected chi connectivity index (χ2v) is 6.83. The Bertz CT molecular complexity index is 664. The highest BCUT2D eigenvalue weighted by molar-refractivity contribution is 5.84. The van der Waals surface area contributed by atoms with Crippen molar-refractivity contribution < 1.29 is 13.2 Å². The zero-order chi connectivity index (χ0) is 18.3. The Labute approximate surface area is 148 Å². The van der Waals surface area contributed by atoms with Crippen LogP contribution in [0.3, 0.4) is 0 Å². The molecule has 2 aromatic carbocycles. The molecule has 1 atom stereocenters. The molecule has 0 aliphatic heterocycles. The summed E-state index contributed by atoms with van der Waals surface area (Å²) < 4.78 is 38.2. The fourth-order valence-corrected chi connectivity index (χ4v) is 3.14. The van der Waals surface area contributed by atoms with Crippen LogP contribution in [0.1, 0.15) is 69.0 Å². The summed E-state index contributed by atoms with van der Waals surface area (Å²) in [5.74, 6) is 0. The van der Waals surface area contributed by atoms with Gasteiger partial charge in [-0.15, -0.1) is 0 Å². The van der Waals surface area contributed by atoms with E-state index in [0.717, 1.165) is 23.6 Å². The first kappa shape index (κ1) is 19.8. The number of hydrogen-bond acceptors (Lipinski definition) is 1. The van der Waals surface area contributed by atoms with Crippen LogP contribution in [0, 0.1) is 0 Å². The van der Waals surface area contributed by atoms with Crippen LogP contribution in [0.15, 0.2) is 36.4 Å². The van der Waals surface area contributed by atoms with Crippen LogP contribution in [0.25, 0.3) is 10.8 Å². The van der Waals surface area contributed by atoms with Crippen LogP contribution in [0.5, 0.6) is 0 Å². The quantitative estimate of drug-likeness (QED) is 0.500. The number of unbranched alkanes of at least 4 members (excludes halogenated alkanes) is 6. The molecule has 0 unspecified atom stereocenters. The van der Waals surface area contributed by atoms with E-state index in [1.807, 2.05) is 12.1 Å². The summed E-state index contributed by atoms with van der Waals surface area (Å²) in [5.41, 5.74) is 6.65. The lowest BCUT2D eigenvalue weighted by Gasteiger charge is -2.16. The molecule has 0 spiro atoms. The molecule has 0 aliphatic carbocycles. The van der Waals surface area contributed by atoms with Crippen molar-refractivity contribution >= 4 is 10.8 Å². The highest BCUT2D eigenvalue weighted by Gasteiger charge is 2.37. The molecule has 0 bridgehead atoms. The average Bonchev–Trinajstić information content (AvgIpc) is 2.59. The van der Waals surface area contributed by atoms with Crippen molar-refractivity contribution in [2.75, 3.05) is 0 Å². The molecular formula is C21H28F3N. The highest BCUT2D eigenvalue weighted by atomic mass is 19.4. The maximum absolute atomic E-state index is 12.7. The monoisotopic (exact) mass is 351 g/mol. The van der Waals surface area contributed by atoms with Gasteiger partial charge in [-0.3, -0.25) is 0 Å². The second kappa shape index (κ2) is 9.23. The summed E-state index contributed by atoms with van der Waals surface area (Å²) in [5, 5.41) is 1.78. The van der Waals surface area contributed by atoms with E-state index in [-0.39, 0.29) is 5.56 Å². The van der Waals surface area contributed by atoms with Crippen LogP contribution in [-0.4, -0.2) is 6.18 Å². The Morgan fingerprint density at radius 1 is 0.840 bits per heavy atom. The summed E-state index contributed by atoms with van der Waals surface area (Å²) in [6, 6.07) is 8.84. The van der Waals surface area contributed by atoms with Crippen molar-refractivity contribution in [3.05, 3.63) is 47.5 Å². The molecule has 2 N–H and O–H groups in total. The van der Waals surface area contributed by atoms with E-state index in [0.29, 0.717) is 0 Å². The van der Waals surface area contributed by atoms with Crippen LogP contribution in [0.2, 0.25) is 0 Å². The van der Waals surface area contributed by atoms with Gasteiger partial charge in [-0.25, -0.2) is 0 Å². The molecule has 0 amide bonds. The molecule has 0 radical (unpaired) electrons. The summed E-state index contributed by atoms with van der Waals surface area (Å²) in [7, 11) is 0. The van der Waals surface area contributed by atoms with Crippen molar-refractivity contribution in [1.29, 1.82) is 0 Å². The average molecular weight is 351 g/mol. The highest BCUT2D eigenvalue weighted by Crippen LogP contribution is 2.32. The Hall–Kier alpha value is -1.55. The summed E-state index contributed by atoms with van der Waals surface area (Å²) in [6.45, 7) is 2.22. The fourth-order valence-electron chi connectivity index (χ4n) is 3.14. The number of hydrogen-bond donors (Lipinski definition) is 1. The third-order valence-electron chi connectivity index (χ3n) is 4.71. The first-order valence-corrected chi connectivity index (χ1v) is 9.26. The van der Waals surface area contributed by atoms with Gasteiger partial charge in [0, 0.05) is 0 Å². The van der Waals surface area contributed by atoms with Gasteiger partial charge in [-0.1, -0.05) is 75.8 Å². The molecule has 2 rings (SSSR count). The lowest BCUT2D eigenvalue weighted by molar-refractivity contribution is -0.149. The van der Waals surface area contributed by atoms with Crippen LogP contribution < -0.4 is 5.73 Å². The molecule has 0 saturated heterocycles. The van der Waals surface area contributed by atoms with E-state index < -0.39 is 12.2 Å². The molecular weight excluding hydrogens is 323 g/mol. The van der Waals surface area contributed by atoms with E-state index in [9.17, 15) is 13.2 Å².